The summed E-state index contributed by atoms with van der Waals surface area (Å²) in [5, 5.41) is 15.3. The van der Waals surface area contributed by atoms with E-state index in [9.17, 15) is 19.5 Å². The molecule has 0 spiro atoms. The van der Waals surface area contributed by atoms with E-state index in [1.807, 2.05) is 215 Å². The number of carboxylic acids is 1. The number of guanidine groups is 2. The van der Waals surface area contributed by atoms with E-state index in [0.29, 0.717) is 11.3 Å². The summed E-state index contributed by atoms with van der Waals surface area (Å²) in [4.78, 5) is 45.9. The molecule has 90 heavy (non-hydrogen) atoms. The van der Waals surface area contributed by atoms with Crippen LogP contribution in [0.2, 0.25) is 0 Å². The van der Waals surface area contributed by atoms with Crippen molar-refractivity contribution in [3.05, 3.63) is 336 Å². The Morgan fingerprint density at radius 2 is 0.767 bits per heavy atom. The molecule has 0 saturated heterocycles. The Kier molecular flexibility index (Phi) is 27.2. The van der Waals surface area contributed by atoms with Gasteiger partial charge in [0.05, 0.1) is 5.69 Å². The maximum absolute atomic E-state index is 12.3. The van der Waals surface area contributed by atoms with E-state index in [4.69, 9.17) is 16.9 Å². The monoisotopic (exact) mass is 1200 g/mol. The number of aliphatic carboxylic acids is 1. The van der Waals surface area contributed by atoms with Crippen molar-refractivity contribution in [3.63, 3.8) is 0 Å². The van der Waals surface area contributed by atoms with E-state index in [1.165, 1.54) is 33.6 Å². The predicted octanol–water partition coefficient (Wildman–Crippen LogP) is 10.1. The van der Waals surface area contributed by atoms with Crippen molar-refractivity contribution in [1.82, 2.24) is 19.1 Å². The van der Waals surface area contributed by atoms with E-state index in [2.05, 4.69) is 111 Å². The van der Waals surface area contributed by atoms with Gasteiger partial charge in [-0.25, -0.2) is 0 Å². The first-order chi connectivity index (χ1) is 42.9. The number of hydrogen-bond donors (Lipinski definition) is 8. The molecule has 0 aliphatic rings. The Hall–Kier alpha value is -10.7. The molecule has 12 rings (SSSR count). The molecule has 12 aromatic rings. The third-order valence-electron chi connectivity index (χ3n) is 13.7. The Labute approximate surface area is 550 Å². The molecule has 0 atom stereocenters. The van der Waals surface area contributed by atoms with Crippen LogP contribution in [0.1, 0.15) is 51.3 Å². The molecule has 0 bridgehead atoms. The van der Waals surface area contributed by atoms with Gasteiger partial charge in [-0.3, -0.25) is 19.8 Å². The molecule has 3 radical (unpaired) electrons. The van der Waals surface area contributed by atoms with Crippen molar-refractivity contribution < 1.29 is 50.5 Å². The fraction of sp³-hybridized carbons (Fsp3) is 0.0676. The number of aromatic amines is 2. The van der Waals surface area contributed by atoms with Gasteiger partial charge in [0.1, 0.15) is 13.1 Å². The molecule has 0 saturated carbocycles. The maximum Gasteiger partial charge on any atom is 1.00 e. The van der Waals surface area contributed by atoms with Crippen molar-refractivity contribution in [3.8, 4) is 45.0 Å². The Morgan fingerprint density at radius 3 is 1.17 bits per heavy atom. The summed E-state index contributed by atoms with van der Waals surface area (Å²) >= 11 is 0. The van der Waals surface area contributed by atoms with Gasteiger partial charge in [0, 0.05) is 73.1 Å². The van der Waals surface area contributed by atoms with Crippen LogP contribution in [0, 0.1) is 5.41 Å². The fourth-order valence-corrected chi connectivity index (χ4v) is 9.69. The zero-order chi connectivity index (χ0) is 61.9. The number of ketones is 1. The first-order valence-electron chi connectivity index (χ1n) is 28.5. The van der Waals surface area contributed by atoms with Gasteiger partial charge in [0.25, 0.3) is 5.91 Å². The minimum atomic E-state index is -0.831. The molecule has 12 N–H and O–H groups in total. The first-order valence-corrected chi connectivity index (χ1v) is 28.5. The van der Waals surface area contributed by atoms with Gasteiger partial charge < -0.3 is 48.6 Å². The normalized spacial score (nSPS) is 10.0. The summed E-state index contributed by atoms with van der Waals surface area (Å²) < 4.78 is 3.85. The first kappa shape index (κ1) is 68.4. The van der Waals surface area contributed by atoms with Crippen LogP contribution < -0.4 is 52.5 Å². The Morgan fingerprint density at radius 1 is 0.422 bits per heavy atom. The molecule has 445 valence electrons. The zero-order valence-corrected chi connectivity index (χ0v) is 52.1. The number of carbonyl (C=O) groups excluding carboxylic acids is 2. The SMILES string of the molecule is N=C(N)N.NC(N)=NC(=O)Cn1c(Cc2ccccc2)ccc1-c1ccccc1.O=C(O)Cn1c(Cc2ccccc2)ccc1-c1ccccc1.O=C(c1ccccc1)c1ccc(-c2ccccc2)[nH]1.[B].[H-].[Na+].c1ccc(Cc2ccc(-c3ccccc3)[nH]2)cc1. The number of carboxylic acid groups (broad SMARTS) is 1. The second-order valence-electron chi connectivity index (χ2n) is 20.2. The summed E-state index contributed by atoms with van der Waals surface area (Å²) in [7, 11) is 0. The van der Waals surface area contributed by atoms with Crippen LogP contribution in [0.25, 0.3) is 45.0 Å². The average molecular weight is 1200 g/mol. The molecular formula is C74H71BN10NaO4. The van der Waals surface area contributed by atoms with E-state index in [0.717, 1.165) is 64.4 Å². The van der Waals surface area contributed by atoms with Gasteiger partial charge in [-0.2, -0.15) is 4.99 Å². The molecule has 1 amide bonds. The fourth-order valence-electron chi connectivity index (χ4n) is 9.69. The Bertz CT molecular complexity index is 4120. The second kappa shape index (κ2) is 35.8. The number of benzene rings is 8. The van der Waals surface area contributed by atoms with Gasteiger partial charge in [-0.05, 0) is 87.5 Å². The van der Waals surface area contributed by atoms with Crippen molar-refractivity contribution in [1.29, 1.82) is 5.41 Å². The molecule has 8 aromatic carbocycles. The van der Waals surface area contributed by atoms with Gasteiger partial charge in [-0.15, -0.1) is 0 Å². The largest absolute Gasteiger partial charge is 1.00 e. The molecule has 4 aromatic heterocycles. The zero-order valence-electron chi connectivity index (χ0n) is 51.1. The quantitative estimate of drug-likeness (QED) is 0.0199. The van der Waals surface area contributed by atoms with Gasteiger partial charge in [0.15, 0.2) is 11.9 Å². The van der Waals surface area contributed by atoms with Crippen LogP contribution in [-0.2, 0) is 41.9 Å². The minimum Gasteiger partial charge on any atom is -1.00 e. The minimum absolute atomic E-state index is 0. The number of nitrogens with one attached hydrogen (secondary N) is 3. The number of aromatic nitrogens is 4. The third kappa shape index (κ3) is 21.3. The number of rotatable bonds is 16. The second-order valence-corrected chi connectivity index (χ2v) is 20.2. The van der Waals surface area contributed by atoms with E-state index < -0.39 is 5.97 Å². The standard InChI is InChI=1S/C20H20N4O.C19H17NO2.C17H13NO.C17H15N.CH5N3.B.Na.H/c21-20(22)23-19(25)14-24-17(13-15-7-3-1-4-8-15)11-12-18(24)16-9-5-2-6-10-16;21-19(22)14-20-17(13-15-7-3-1-4-8-15)11-12-18(20)16-9-5-2-6-10-16;19-17(14-9-5-2-6-10-14)16-12-11-15(18-16)13-7-3-1-4-8-13;1-3-7-14(8-4-1)13-16-11-12-17(18-16)15-9-5-2-6-10-15;2-1(3)4;;;/h1-12H,13-14H2,(H4,21,22,23,25);1-12H,13-14H2,(H,21,22);1-12,18H;1-12,18H,13H2;(H5,2,3,4);;;/q;;;;;;+1;-1. The number of carbonyl (C=O) groups is 3. The number of nitrogens with two attached hydrogens (primary N) is 4. The molecule has 0 aliphatic heterocycles. The van der Waals surface area contributed by atoms with Crippen LogP contribution >= 0.6 is 0 Å². The average Bonchev–Trinajstić information content (AvgIpc) is 2.61. The molecular weight excluding hydrogens is 1130 g/mol. The number of amides is 1. The van der Waals surface area contributed by atoms with Crippen LogP contribution in [0.3, 0.4) is 0 Å². The van der Waals surface area contributed by atoms with Crippen LogP contribution in [-0.4, -0.2) is 62.2 Å². The van der Waals surface area contributed by atoms with Crippen LogP contribution in [0.15, 0.2) is 296 Å². The molecule has 0 unspecified atom stereocenters. The number of hydrogen-bond acceptors (Lipinski definition) is 4. The van der Waals surface area contributed by atoms with Crippen molar-refractivity contribution >= 4 is 38.0 Å². The van der Waals surface area contributed by atoms with Gasteiger partial charge in [-0.1, -0.05) is 243 Å². The summed E-state index contributed by atoms with van der Waals surface area (Å²) in [5.41, 5.74) is 36.3. The number of H-pyrrole nitrogens is 2. The molecule has 4 heterocycles. The van der Waals surface area contributed by atoms with Gasteiger partial charge in [0.2, 0.25) is 5.78 Å². The summed E-state index contributed by atoms with van der Waals surface area (Å²) in [5.74, 6) is -1.74. The van der Waals surface area contributed by atoms with E-state index >= 15 is 0 Å². The molecule has 14 nitrogen and oxygen atoms in total. The summed E-state index contributed by atoms with van der Waals surface area (Å²) in [6, 6.07) is 96.4. The molecule has 0 fully saturated rings. The van der Waals surface area contributed by atoms with E-state index in [1.54, 1.807) is 0 Å². The predicted molar refractivity (Wildman–Crippen MR) is 361 cm³/mol. The smallest absolute Gasteiger partial charge is 1.00 e. The van der Waals surface area contributed by atoms with Crippen LogP contribution in [0.4, 0.5) is 0 Å². The van der Waals surface area contributed by atoms with Crippen molar-refractivity contribution in [2.75, 3.05) is 0 Å². The summed E-state index contributed by atoms with van der Waals surface area (Å²) in [6.45, 7) is 0.0662. The van der Waals surface area contributed by atoms with Crippen molar-refractivity contribution in [2.24, 2.45) is 27.9 Å². The Balaban J connectivity index is 0.000000215. The molecule has 0 aliphatic carbocycles. The number of nitrogens with zero attached hydrogens (tertiary/aromatic N) is 3. The molecule has 16 heteroatoms. The summed E-state index contributed by atoms with van der Waals surface area (Å²) in [6.07, 6.45) is 2.40. The topological polar surface area (TPSA) is 253 Å². The van der Waals surface area contributed by atoms with E-state index in [-0.39, 0.29) is 76.1 Å². The maximum atomic E-state index is 12.3. The number of aliphatic imine (C=N–C) groups is 1. The van der Waals surface area contributed by atoms with Crippen molar-refractivity contribution in [2.45, 2.75) is 32.4 Å². The van der Waals surface area contributed by atoms with Gasteiger partial charge >= 0.3 is 35.5 Å². The third-order valence-corrected chi connectivity index (χ3v) is 13.7. The van der Waals surface area contributed by atoms with Crippen LogP contribution in [0.5, 0.6) is 0 Å².